The second-order valence-electron chi connectivity index (χ2n) is 10.0. The maximum Gasteiger partial charge on any atom is 0.418 e. The minimum atomic E-state index is -4.78. The monoisotopic (exact) mass is 572 g/mol. The fraction of sp³-hybridized carbons (Fsp3) is 0.440. The summed E-state index contributed by atoms with van der Waals surface area (Å²) in [7, 11) is 0. The molecule has 2 aromatic heterocycles. The number of likely N-dealkylation sites (tertiary alicyclic amines) is 1. The summed E-state index contributed by atoms with van der Waals surface area (Å²) >= 11 is 0. The number of anilines is 1. The molecular weight excluding hydrogens is 549 g/mol. The maximum absolute atomic E-state index is 14.8. The Morgan fingerprint density at radius 2 is 1.75 bits per heavy atom. The predicted octanol–water partition coefficient (Wildman–Crippen LogP) is 4.40. The number of rotatable bonds is 4. The molecule has 3 N–H and O–H groups in total. The number of aromatic nitrogens is 3. The number of nitrogens with zero attached hydrogens (tertiary/aromatic N) is 4. The molecule has 8 nitrogen and oxygen atoms in total. The predicted molar refractivity (Wildman–Crippen MR) is 128 cm³/mol. The van der Waals surface area contributed by atoms with Gasteiger partial charge in [-0.3, -0.25) is 9.59 Å². The van der Waals surface area contributed by atoms with Crippen LogP contribution in [0.1, 0.15) is 41.6 Å². The van der Waals surface area contributed by atoms with Gasteiger partial charge in [-0.15, -0.1) is 0 Å². The molecule has 1 aliphatic carbocycles. The molecule has 40 heavy (non-hydrogen) atoms. The largest absolute Gasteiger partial charge is 0.418 e. The van der Waals surface area contributed by atoms with Crippen LogP contribution in [-0.4, -0.2) is 62.8 Å². The van der Waals surface area contributed by atoms with Crippen molar-refractivity contribution in [3.63, 3.8) is 0 Å². The molecule has 0 spiro atoms. The van der Waals surface area contributed by atoms with Crippen LogP contribution in [0.3, 0.4) is 0 Å². The first kappa shape index (κ1) is 27.6. The van der Waals surface area contributed by atoms with Crippen molar-refractivity contribution in [3.8, 4) is 11.3 Å². The van der Waals surface area contributed by atoms with E-state index in [1.807, 2.05) is 0 Å². The summed E-state index contributed by atoms with van der Waals surface area (Å²) in [4.78, 5) is 30.3. The molecule has 5 rings (SSSR count). The smallest absolute Gasteiger partial charge is 0.382 e. The zero-order chi connectivity index (χ0) is 29.0. The maximum atomic E-state index is 14.8. The summed E-state index contributed by atoms with van der Waals surface area (Å²) in [5, 5.41) is 6.26. The zero-order valence-electron chi connectivity index (χ0n) is 20.7. The number of nitrogens with one attached hydrogen (secondary N) is 1. The standard InChI is InChI=1S/C25H23F7N6O2/c26-16-10-37(22(40)23(25(30,31)32)6-1-2-7-23)11-17(16)36-21(39)14-5-3-4-13(8-14)18-9-15(24(27,28)29)19-20(33)34-12-35-38(18)19/h3-5,8-9,12,16-17H,1-2,6-7,10-11H2,(H,36,39)(H2,33,34,35)/t16-,17+/m0/s1. The Hall–Kier alpha value is -3.91. The molecule has 214 valence electrons. The molecule has 3 aromatic rings. The second kappa shape index (κ2) is 9.63. The SMILES string of the molecule is Nc1ncnn2c(-c3cccc(C(=O)N[C@@H]4CN(C(=O)C5(C(F)(F)F)CCCC5)C[C@@H]4F)c3)cc(C(F)(F)F)c12. The first-order valence-corrected chi connectivity index (χ1v) is 12.3. The van der Waals surface area contributed by atoms with Gasteiger partial charge in [0.25, 0.3) is 5.91 Å². The van der Waals surface area contributed by atoms with Crippen LogP contribution < -0.4 is 11.1 Å². The van der Waals surface area contributed by atoms with Gasteiger partial charge in [-0.25, -0.2) is 13.9 Å². The fourth-order valence-electron chi connectivity index (χ4n) is 5.53. The third-order valence-corrected chi connectivity index (χ3v) is 7.57. The van der Waals surface area contributed by atoms with Crippen LogP contribution >= 0.6 is 0 Å². The highest BCUT2D eigenvalue weighted by atomic mass is 19.4. The van der Waals surface area contributed by atoms with Gasteiger partial charge in [0.1, 0.15) is 23.4 Å². The second-order valence-corrected chi connectivity index (χ2v) is 10.0. The van der Waals surface area contributed by atoms with Crippen LogP contribution in [-0.2, 0) is 11.0 Å². The lowest BCUT2D eigenvalue weighted by atomic mass is 9.83. The third-order valence-electron chi connectivity index (χ3n) is 7.57. The van der Waals surface area contributed by atoms with Crippen molar-refractivity contribution < 1.29 is 40.3 Å². The topological polar surface area (TPSA) is 106 Å². The van der Waals surface area contributed by atoms with E-state index in [1.165, 1.54) is 24.3 Å². The van der Waals surface area contributed by atoms with Crippen molar-refractivity contribution in [2.45, 2.75) is 50.2 Å². The third kappa shape index (κ3) is 4.60. The Kier molecular flexibility index (Phi) is 6.65. The van der Waals surface area contributed by atoms with E-state index >= 15 is 0 Å². The van der Waals surface area contributed by atoms with Gasteiger partial charge in [-0.05, 0) is 31.0 Å². The van der Waals surface area contributed by atoms with Crippen molar-refractivity contribution in [1.82, 2.24) is 24.8 Å². The number of halogens is 7. The van der Waals surface area contributed by atoms with Crippen molar-refractivity contribution >= 4 is 23.1 Å². The van der Waals surface area contributed by atoms with E-state index in [0.29, 0.717) is 0 Å². The number of benzene rings is 1. The Labute approximate surface area is 222 Å². The van der Waals surface area contributed by atoms with Crippen molar-refractivity contribution in [2.24, 2.45) is 5.41 Å². The first-order chi connectivity index (χ1) is 18.7. The average molecular weight is 572 g/mol. The van der Waals surface area contributed by atoms with Crippen molar-refractivity contribution in [3.05, 3.63) is 47.8 Å². The Morgan fingerprint density at radius 3 is 2.40 bits per heavy atom. The van der Waals surface area contributed by atoms with Gasteiger partial charge in [-0.2, -0.15) is 31.4 Å². The van der Waals surface area contributed by atoms with Gasteiger partial charge in [0.2, 0.25) is 5.91 Å². The average Bonchev–Trinajstić information content (AvgIpc) is 3.61. The molecule has 2 amide bonds. The van der Waals surface area contributed by atoms with E-state index in [1.54, 1.807) is 0 Å². The molecule has 0 radical (unpaired) electrons. The number of hydrogen-bond acceptors (Lipinski definition) is 5. The minimum absolute atomic E-state index is 0.0407. The summed E-state index contributed by atoms with van der Waals surface area (Å²) in [5.41, 5.74) is 1.64. The van der Waals surface area contributed by atoms with Crippen LogP contribution in [0, 0.1) is 5.41 Å². The van der Waals surface area contributed by atoms with Crippen LogP contribution in [0.5, 0.6) is 0 Å². The number of alkyl halides is 7. The minimum Gasteiger partial charge on any atom is -0.382 e. The number of fused-ring (bicyclic) bond motifs is 1. The molecule has 2 aliphatic rings. The molecular formula is C25H23F7N6O2. The van der Waals surface area contributed by atoms with E-state index in [9.17, 15) is 40.3 Å². The number of amides is 2. The number of nitrogen functional groups attached to an aromatic ring is 1. The molecule has 1 aliphatic heterocycles. The zero-order valence-corrected chi connectivity index (χ0v) is 20.7. The lowest BCUT2D eigenvalue weighted by Gasteiger charge is -2.33. The molecule has 0 bridgehead atoms. The van der Waals surface area contributed by atoms with E-state index < -0.39 is 71.8 Å². The molecule has 2 fully saturated rings. The van der Waals surface area contributed by atoms with Crippen molar-refractivity contribution in [1.29, 1.82) is 0 Å². The Balaban J connectivity index is 1.37. The highest BCUT2D eigenvalue weighted by Gasteiger charge is 2.63. The molecule has 1 saturated heterocycles. The molecule has 1 aromatic carbocycles. The number of nitrogens with two attached hydrogens (primary N) is 1. The van der Waals surface area contributed by atoms with Gasteiger partial charge in [0, 0.05) is 17.7 Å². The van der Waals surface area contributed by atoms with Crippen LogP contribution in [0.2, 0.25) is 0 Å². The van der Waals surface area contributed by atoms with Crippen LogP contribution in [0.25, 0.3) is 16.8 Å². The van der Waals surface area contributed by atoms with E-state index in [0.717, 1.165) is 21.8 Å². The molecule has 2 atom stereocenters. The van der Waals surface area contributed by atoms with Crippen molar-refractivity contribution in [2.75, 3.05) is 18.8 Å². The van der Waals surface area contributed by atoms with E-state index in [-0.39, 0.29) is 42.5 Å². The summed E-state index contributed by atoms with van der Waals surface area (Å²) < 4.78 is 98.2. The number of hydrogen-bond donors (Lipinski definition) is 2. The number of carbonyl (C=O) groups excluding carboxylic acids is 2. The van der Waals surface area contributed by atoms with Gasteiger partial charge < -0.3 is 16.0 Å². The fourth-order valence-corrected chi connectivity index (χ4v) is 5.53. The van der Waals surface area contributed by atoms with Gasteiger partial charge in [0.15, 0.2) is 5.82 Å². The molecule has 0 unspecified atom stereocenters. The van der Waals surface area contributed by atoms with E-state index in [2.05, 4.69) is 15.4 Å². The summed E-state index contributed by atoms with van der Waals surface area (Å²) in [6.07, 6.45) is -10.7. The van der Waals surface area contributed by atoms with Gasteiger partial charge in [0.05, 0.1) is 23.8 Å². The highest BCUT2D eigenvalue weighted by Crippen LogP contribution is 2.52. The number of carbonyl (C=O) groups is 2. The highest BCUT2D eigenvalue weighted by molar-refractivity contribution is 5.96. The van der Waals surface area contributed by atoms with Gasteiger partial charge >= 0.3 is 12.4 Å². The van der Waals surface area contributed by atoms with Crippen LogP contribution in [0.15, 0.2) is 36.7 Å². The van der Waals surface area contributed by atoms with Gasteiger partial charge in [-0.1, -0.05) is 25.0 Å². The van der Waals surface area contributed by atoms with E-state index in [4.69, 9.17) is 5.73 Å². The van der Waals surface area contributed by atoms with Crippen LogP contribution in [0.4, 0.5) is 36.6 Å². The summed E-state index contributed by atoms with van der Waals surface area (Å²) in [6, 6.07) is 4.97. The lowest BCUT2D eigenvalue weighted by molar-refractivity contribution is -0.225. The quantitative estimate of drug-likeness (QED) is 0.451. The molecule has 3 heterocycles. The molecule has 1 saturated carbocycles. The molecule has 15 heteroatoms. The summed E-state index contributed by atoms with van der Waals surface area (Å²) in [6.45, 7) is -1.04. The first-order valence-electron chi connectivity index (χ1n) is 12.3. The summed E-state index contributed by atoms with van der Waals surface area (Å²) in [5.74, 6) is -2.41. The normalized spacial score (nSPS) is 21.2. The lowest BCUT2D eigenvalue weighted by Crippen LogP contribution is -2.51. The Morgan fingerprint density at radius 1 is 1.05 bits per heavy atom. The Bertz CT molecular complexity index is 1460.